The molecule has 1 aromatic rings. The average molecular weight is 395 g/mol. The number of likely N-dealkylation sites (N-methyl/N-ethyl adjacent to an activating group) is 1. The number of aliphatic hydroxyl groups is 1. The maximum atomic E-state index is 12.3. The van der Waals surface area contributed by atoms with Crippen LogP contribution >= 0.6 is 0 Å². The fourth-order valence-electron chi connectivity index (χ4n) is 3.92. The van der Waals surface area contributed by atoms with Crippen molar-refractivity contribution in [3.05, 3.63) is 41.5 Å². The third kappa shape index (κ3) is 4.59. The van der Waals surface area contributed by atoms with Crippen LogP contribution in [-0.2, 0) is 14.8 Å². The van der Waals surface area contributed by atoms with Crippen molar-refractivity contribution in [2.24, 2.45) is 0 Å². The van der Waals surface area contributed by atoms with E-state index >= 15 is 0 Å². The predicted molar refractivity (Wildman–Crippen MR) is 108 cm³/mol. The van der Waals surface area contributed by atoms with Gasteiger partial charge in [-0.25, -0.2) is 8.42 Å². The van der Waals surface area contributed by atoms with E-state index in [-0.39, 0.29) is 24.5 Å². The number of nitrogens with zero attached hydrogens (tertiary/aromatic N) is 2. The summed E-state index contributed by atoms with van der Waals surface area (Å²) in [5, 5.41) is 9.86. The number of carbonyl (C=O) groups excluding carboxylic acids is 1. The molecule has 150 valence electrons. The van der Waals surface area contributed by atoms with Gasteiger partial charge in [-0.05, 0) is 25.0 Å². The van der Waals surface area contributed by atoms with Crippen molar-refractivity contribution >= 4 is 22.0 Å². The smallest absolute Gasteiger partial charge is 0.222 e. The molecule has 1 heterocycles. The molecule has 6 nitrogen and oxygen atoms in total. The molecule has 1 aliphatic heterocycles. The van der Waals surface area contributed by atoms with Gasteiger partial charge in [0, 0.05) is 25.4 Å². The Morgan fingerprint density at radius 3 is 2.30 bits per heavy atom. The van der Waals surface area contributed by atoms with E-state index in [1.807, 2.05) is 50.3 Å². The van der Waals surface area contributed by atoms with Crippen molar-refractivity contribution in [2.75, 3.05) is 26.0 Å². The van der Waals surface area contributed by atoms with Gasteiger partial charge in [0.05, 0.1) is 24.9 Å². The first-order valence-corrected chi connectivity index (χ1v) is 11.2. The van der Waals surface area contributed by atoms with Crippen LogP contribution in [0.15, 0.2) is 30.3 Å². The lowest BCUT2D eigenvalue weighted by Gasteiger charge is -2.54. The molecule has 2 rings (SSSR count). The quantitative estimate of drug-likeness (QED) is 0.732. The molecule has 0 saturated carbocycles. The van der Waals surface area contributed by atoms with Crippen LogP contribution in [0.5, 0.6) is 0 Å². The number of sulfonamides is 1. The Morgan fingerprint density at radius 1 is 1.22 bits per heavy atom. The van der Waals surface area contributed by atoms with Crippen LogP contribution in [0.2, 0.25) is 0 Å². The van der Waals surface area contributed by atoms with Crippen molar-refractivity contribution in [3.8, 4) is 0 Å². The zero-order chi connectivity index (χ0) is 20.2. The van der Waals surface area contributed by atoms with Gasteiger partial charge < -0.3 is 10.0 Å². The van der Waals surface area contributed by atoms with Gasteiger partial charge in [0.15, 0.2) is 0 Å². The van der Waals surface area contributed by atoms with Gasteiger partial charge in [-0.2, -0.15) is 4.31 Å². The van der Waals surface area contributed by atoms with E-state index in [9.17, 15) is 18.3 Å². The Hall–Kier alpha value is -1.70. The van der Waals surface area contributed by atoms with Gasteiger partial charge in [0.2, 0.25) is 15.9 Å². The summed E-state index contributed by atoms with van der Waals surface area (Å²) in [6.07, 6.45) is 5.49. The maximum absolute atomic E-state index is 12.3. The molecule has 1 N–H and O–H groups in total. The lowest BCUT2D eigenvalue weighted by atomic mass is 9.77. The lowest BCUT2D eigenvalue weighted by molar-refractivity contribution is -0.132. The van der Waals surface area contributed by atoms with Crippen molar-refractivity contribution in [1.82, 2.24) is 9.21 Å². The van der Waals surface area contributed by atoms with E-state index in [4.69, 9.17) is 0 Å². The van der Waals surface area contributed by atoms with E-state index in [1.165, 1.54) is 4.31 Å². The fourth-order valence-corrected chi connectivity index (χ4v) is 5.30. The maximum Gasteiger partial charge on any atom is 0.222 e. The minimum atomic E-state index is -3.50. The highest BCUT2D eigenvalue weighted by Gasteiger charge is 2.53. The van der Waals surface area contributed by atoms with E-state index in [0.717, 1.165) is 17.4 Å². The van der Waals surface area contributed by atoms with Crippen molar-refractivity contribution in [2.45, 2.75) is 45.2 Å². The minimum absolute atomic E-state index is 0.000537. The summed E-state index contributed by atoms with van der Waals surface area (Å²) in [5.41, 5.74) is 2.04. The number of rotatable bonds is 8. The first-order valence-electron chi connectivity index (χ1n) is 9.38. The molecular weight excluding hydrogens is 364 g/mol. The van der Waals surface area contributed by atoms with Gasteiger partial charge in [0.25, 0.3) is 0 Å². The zero-order valence-corrected chi connectivity index (χ0v) is 17.3. The largest absolute Gasteiger partial charge is 0.395 e. The van der Waals surface area contributed by atoms with Crippen LogP contribution < -0.4 is 0 Å². The number of hydrogen-bond acceptors (Lipinski definition) is 4. The first kappa shape index (κ1) is 21.6. The number of carbonyl (C=O) groups is 1. The van der Waals surface area contributed by atoms with E-state index in [1.54, 1.807) is 11.8 Å². The van der Waals surface area contributed by atoms with E-state index < -0.39 is 16.1 Å². The summed E-state index contributed by atoms with van der Waals surface area (Å²) in [7, 11) is -3.50. The van der Waals surface area contributed by atoms with E-state index in [0.29, 0.717) is 19.5 Å². The molecular formula is C20H30N2O4S. The SMILES string of the molecule is C/C=C/c1ccc([C@@H]2[C@H](CO)N(S(C)(=O)=O)[C@H]2CN(CC)C(=O)CC)cc1. The van der Waals surface area contributed by atoms with Gasteiger partial charge >= 0.3 is 0 Å². The van der Waals surface area contributed by atoms with Crippen LogP contribution in [0.25, 0.3) is 6.08 Å². The molecule has 27 heavy (non-hydrogen) atoms. The van der Waals surface area contributed by atoms with Crippen LogP contribution in [0.4, 0.5) is 0 Å². The van der Waals surface area contributed by atoms with Gasteiger partial charge in [-0.3, -0.25) is 4.79 Å². The number of allylic oxidation sites excluding steroid dienone is 1. The molecule has 0 bridgehead atoms. The molecule has 3 atom stereocenters. The molecule has 0 aliphatic carbocycles. The summed E-state index contributed by atoms with van der Waals surface area (Å²) < 4.78 is 26.0. The molecule has 0 spiro atoms. The summed E-state index contributed by atoms with van der Waals surface area (Å²) in [4.78, 5) is 13.9. The Balaban J connectivity index is 2.37. The summed E-state index contributed by atoms with van der Waals surface area (Å²) in [6, 6.07) is 7.05. The topological polar surface area (TPSA) is 77.9 Å². The normalized spacial score (nSPS) is 23.4. The number of aliphatic hydroxyl groups excluding tert-OH is 1. The Morgan fingerprint density at radius 2 is 1.85 bits per heavy atom. The van der Waals surface area contributed by atoms with Gasteiger partial charge in [0.1, 0.15) is 0 Å². The van der Waals surface area contributed by atoms with Crippen molar-refractivity contribution in [3.63, 3.8) is 0 Å². The molecule has 0 unspecified atom stereocenters. The number of benzene rings is 1. The van der Waals surface area contributed by atoms with E-state index in [2.05, 4.69) is 0 Å². The van der Waals surface area contributed by atoms with Crippen molar-refractivity contribution in [1.29, 1.82) is 0 Å². The predicted octanol–water partition coefficient (Wildman–Crippen LogP) is 2.07. The molecule has 1 aliphatic rings. The lowest BCUT2D eigenvalue weighted by Crippen LogP contribution is -2.68. The highest BCUT2D eigenvalue weighted by molar-refractivity contribution is 7.88. The Bertz CT molecular complexity index is 774. The van der Waals surface area contributed by atoms with Crippen LogP contribution in [0, 0.1) is 0 Å². The number of amides is 1. The molecule has 1 saturated heterocycles. The first-order chi connectivity index (χ1) is 12.8. The molecule has 1 aromatic carbocycles. The minimum Gasteiger partial charge on any atom is -0.395 e. The highest BCUT2D eigenvalue weighted by Crippen LogP contribution is 2.42. The fraction of sp³-hybridized carbons (Fsp3) is 0.550. The second-order valence-corrected chi connectivity index (χ2v) is 8.78. The highest BCUT2D eigenvalue weighted by atomic mass is 32.2. The van der Waals surface area contributed by atoms with Gasteiger partial charge in [-0.1, -0.05) is 43.3 Å². The van der Waals surface area contributed by atoms with Crippen molar-refractivity contribution < 1.29 is 18.3 Å². The molecule has 0 aromatic heterocycles. The monoisotopic (exact) mass is 394 g/mol. The third-order valence-electron chi connectivity index (χ3n) is 5.18. The van der Waals surface area contributed by atoms with Gasteiger partial charge in [-0.15, -0.1) is 0 Å². The zero-order valence-electron chi connectivity index (χ0n) is 16.5. The summed E-state index contributed by atoms with van der Waals surface area (Å²) in [5.74, 6) is -0.149. The Labute approximate surface area is 162 Å². The third-order valence-corrected chi connectivity index (χ3v) is 6.49. The second-order valence-electron chi connectivity index (χ2n) is 6.89. The summed E-state index contributed by atoms with van der Waals surface area (Å²) in [6.45, 7) is 6.24. The Kier molecular flexibility index (Phi) is 7.19. The summed E-state index contributed by atoms with van der Waals surface area (Å²) >= 11 is 0. The molecule has 1 fully saturated rings. The molecule has 1 amide bonds. The van der Waals surface area contributed by atoms with Crippen LogP contribution in [-0.4, -0.2) is 66.7 Å². The molecule has 7 heteroatoms. The standard InChI is InChI=1S/C20H30N2O4S/c1-5-8-15-9-11-16(12-10-15)20-17(13-21(7-3)19(24)6-2)22(18(20)14-23)27(4,25)26/h5,8-12,17-18,20,23H,6-7,13-14H2,1-4H3/b8-5+/t17-,18-,20-/m0/s1. The number of hydrogen-bond donors (Lipinski definition) is 1. The average Bonchev–Trinajstić information content (AvgIpc) is 2.61. The molecule has 0 radical (unpaired) electrons. The van der Waals surface area contributed by atoms with Crippen LogP contribution in [0.3, 0.4) is 0 Å². The second kappa shape index (κ2) is 8.99. The van der Waals surface area contributed by atoms with Crippen LogP contribution in [0.1, 0.15) is 44.2 Å².